The molecular formula is C16H20N4O3. The molecule has 0 aliphatic rings. The van der Waals surface area contributed by atoms with E-state index >= 15 is 0 Å². The Bertz CT molecular complexity index is 668. The second-order valence-electron chi connectivity index (χ2n) is 5.25. The molecule has 7 heteroatoms. The van der Waals surface area contributed by atoms with E-state index in [4.69, 9.17) is 0 Å². The number of nitrogens with one attached hydrogen (secondary N) is 1. The Labute approximate surface area is 134 Å². The molecule has 0 atom stereocenters. The van der Waals surface area contributed by atoms with Gasteiger partial charge < -0.3 is 9.88 Å². The first-order valence-corrected chi connectivity index (χ1v) is 7.68. The second-order valence-corrected chi connectivity index (χ2v) is 5.25. The third kappa shape index (κ3) is 4.38. The van der Waals surface area contributed by atoms with E-state index in [1.807, 2.05) is 0 Å². The summed E-state index contributed by atoms with van der Waals surface area (Å²) in [6.45, 7) is 2.70. The zero-order chi connectivity index (χ0) is 16.7. The number of imidazole rings is 1. The molecule has 0 radical (unpaired) electrons. The van der Waals surface area contributed by atoms with Gasteiger partial charge in [0.05, 0.1) is 11.3 Å². The van der Waals surface area contributed by atoms with E-state index in [0.717, 1.165) is 25.7 Å². The molecule has 0 aliphatic carbocycles. The Morgan fingerprint density at radius 1 is 1.35 bits per heavy atom. The molecule has 0 spiro atoms. The van der Waals surface area contributed by atoms with E-state index in [0.29, 0.717) is 12.2 Å². The highest BCUT2D eigenvalue weighted by atomic mass is 16.6. The Hall–Kier alpha value is -2.70. The first kappa shape index (κ1) is 16.7. The van der Waals surface area contributed by atoms with Crippen molar-refractivity contribution in [3.05, 3.63) is 52.6 Å². The lowest BCUT2D eigenvalue weighted by molar-refractivity contribution is -0.384. The van der Waals surface area contributed by atoms with Crippen molar-refractivity contribution in [2.24, 2.45) is 0 Å². The summed E-state index contributed by atoms with van der Waals surface area (Å²) < 4.78 is 1.55. The van der Waals surface area contributed by atoms with Gasteiger partial charge in [0.15, 0.2) is 0 Å². The average Bonchev–Trinajstić information content (AvgIpc) is 3.08. The molecule has 23 heavy (non-hydrogen) atoms. The van der Waals surface area contributed by atoms with E-state index in [2.05, 4.69) is 17.2 Å². The summed E-state index contributed by atoms with van der Waals surface area (Å²) in [7, 11) is 0. The van der Waals surface area contributed by atoms with E-state index in [9.17, 15) is 14.9 Å². The largest absolute Gasteiger partial charge is 0.352 e. The minimum absolute atomic E-state index is 0.123. The number of nitrogens with zero attached hydrogens (tertiary/aromatic N) is 3. The summed E-state index contributed by atoms with van der Waals surface area (Å²) in [5.41, 5.74) is 0.546. The van der Waals surface area contributed by atoms with Gasteiger partial charge in [0.1, 0.15) is 5.69 Å². The molecule has 1 N–H and O–H groups in total. The number of carbonyl (C=O) groups excluding carboxylic acids is 1. The Morgan fingerprint density at radius 2 is 2.17 bits per heavy atom. The zero-order valence-corrected chi connectivity index (χ0v) is 13.1. The van der Waals surface area contributed by atoms with Crippen LogP contribution in [0.4, 0.5) is 5.69 Å². The smallest absolute Gasteiger partial charge is 0.294 e. The number of benzene rings is 1. The molecule has 1 aromatic carbocycles. The first-order valence-electron chi connectivity index (χ1n) is 7.68. The number of nitro benzene ring substituents is 1. The lowest BCUT2D eigenvalue weighted by Gasteiger charge is -2.08. The number of unbranched alkanes of at least 4 members (excludes halogenated alkanes) is 3. The van der Waals surface area contributed by atoms with Gasteiger partial charge in [-0.1, -0.05) is 26.2 Å². The van der Waals surface area contributed by atoms with Crippen LogP contribution < -0.4 is 5.32 Å². The molecule has 0 fully saturated rings. The van der Waals surface area contributed by atoms with Crippen molar-refractivity contribution in [1.29, 1.82) is 0 Å². The van der Waals surface area contributed by atoms with E-state index in [1.54, 1.807) is 29.1 Å². The van der Waals surface area contributed by atoms with Crippen molar-refractivity contribution in [1.82, 2.24) is 14.9 Å². The normalized spacial score (nSPS) is 10.5. The van der Waals surface area contributed by atoms with Crippen LogP contribution in [0, 0.1) is 10.1 Å². The number of amides is 1. The summed E-state index contributed by atoms with van der Waals surface area (Å²) in [5.74, 6) is -0.290. The summed E-state index contributed by atoms with van der Waals surface area (Å²) in [6.07, 6.45) is 8.90. The number of hydrogen-bond donors (Lipinski definition) is 1. The Balaban J connectivity index is 2.10. The van der Waals surface area contributed by atoms with Crippen LogP contribution in [0.25, 0.3) is 5.69 Å². The van der Waals surface area contributed by atoms with Gasteiger partial charge in [-0.05, 0) is 18.6 Å². The summed E-state index contributed by atoms with van der Waals surface area (Å²) >= 11 is 0. The quantitative estimate of drug-likeness (QED) is 0.460. The highest BCUT2D eigenvalue weighted by Crippen LogP contribution is 2.24. The fourth-order valence-electron chi connectivity index (χ4n) is 2.29. The maximum absolute atomic E-state index is 12.1. The summed E-state index contributed by atoms with van der Waals surface area (Å²) in [6, 6.07) is 4.45. The van der Waals surface area contributed by atoms with Crippen LogP contribution in [-0.2, 0) is 0 Å². The van der Waals surface area contributed by atoms with E-state index < -0.39 is 4.92 Å². The van der Waals surface area contributed by atoms with Gasteiger partial charge in [-0.3, -0.25) is 14.9 Å². The fraction of sp³-hybridized carbons (Fsp3) is 0.375. The predicted octanol–water partition coefficient (Wildman–Crippen LogP) is 3.09. The molecular weight excluding hydrogens is 296 g/mol. The third-order valence-corrected chi connectivity index (χ3v) is 3.53. The number of hydrogen-bond acceptors (Lipinski definition) is 4. The van der Waals surface area contributed by atoms with Gasteiger partial charge in [-0.15, -0.1) is 0 Å². The second kappa shape index (κ2) is 8.07. The van der Waals surface area contributed by atoms with Crippen LogP contribution in [-0.4, -0.2) is 26.9 Å². The van der Waals surface area contributed by atoms with E-state index in [1.165, 1.54) is 12.4 Å². The van der Waals surface area contributed by atoms with Crippen molar-refractivity contribution in [2.75, 3.05) is 6.54 Å². The van der Waals surface area contributed by atoms with Gasteiger partial charge in [0, 0.05) is 30.6 Å². The maximum Gasteiger partial charge on any atom is 0.294 e. The molecule has 7 nitrogen and oxygen atoms in total. The van der Waals surface area contributed by atoms with Gasteiger partial charge >= 0.3 is 0 Å². The lowest BCUT2D eigenvalue weighted by Crippen LogP contribution is -2.24. The van der Waals surface area contributed by atoms with Crippen LogP contribution in [0.15, 0.2) is 36.9 Å². The molecule has 2 aromatic rings. The standard InChI is InChI=1S/C16H20N4O3/c1-2-3-4-5-8-18-16(21)13-6-7-14(15(11-13)20(22)23)19-10-9-17-12-19/h6-7,9-12H,2-5,8H2,1H3,(H,18,21). The third-order valence-electron chi connectivity index (χ3n) is 3.53. The predicted molar refractivity (Wildman–Crippen MR) is 86.7 cm³/mol. The molecule has 0 saturated heterocycles. The van der Waals surface area contributed by atoms with Crippen LogP contribution in [0.3, 0.4) is 0 Å². The fourth-order valence-corrected chi connectivity index (χ4v) is 2.29. The highest BCUT2D eigenvalue weighted by molar-refractivity contribution is 5.95. The SMILES string of the molecule is CCCCCCNC(=O)c1ccc(-n2ccnc2)c([N+](=O)[O-])c1. The molecule has 2 rings (SSSR count). The first-order chi connectivity index (χ1) is 11.1. The molecule has 1 amide bonds. The van der Waals surface area contributed by atoms with Crippen LogP contribution in [0.2, 0.25) is 0 Å². The molecule has 0 saturated carbocycles. The zero-order valence-electron chi connectivity index (χ0n) is 13.1. The van der Waals surface area contributed by atoms with E-state index in [-0.39, 0.29) is 17.2 Å². The minimum atomic E-state index is -0.493. The minimum Gasteiger partial charge on any atom is -0.352 e. The topological polar surface area (TPSA) is 90.1 Å². The summed E-state index contributed by atoms with van der Waals surface area (Å²) in [5, 5.41) is 14.1. The van der Waals surface area contributed by atoms with Gasteiger partial charge in [-0.25, -0.2) is 4.98 Å². The number of nitro groups is 1. The summed E-state index contributed by atoms with van der Waals surface area (Å²) in [4.78, 5) is 26.8. The van der Waals surface area contributed by atoms with Crippen molar-refractivity contribution in [3.8, 4) is 5.69 Å². The molecule has 0 bridgehead atoms. The van der Waals surface area contributed by atoms with Crippen molar-refractivity contribution < 1.29 is 9.72 Å². The number of carbonyl (C=O) groups is 1. The Kier molecular flexibility index (Phi) is 5.85. The Morgan fingerprint density at radius 3 is 2.83 bits per heavy atom. The molecule has 1 heterocycles. The van der Waals surface area contributed by atoms with Crippen LogP contribution in [0.1, 0.15) is 43.0 Å². The van der Waals surface area contributed by atoms with Crippen molar-refractivity contribution in [3.63, 3.8) is 0 Å². The molecule has 0 aliphatic heterocycles. The van der Waals surface area contributed by atoms with Crippen LogP contribution in [0.5, 0.6) is 0 Å². The molecule has 0 unspecified atom stereocenters. The lowest BCUT2D eigenvalue weighted by atomic mass is 10.1. The van der Waals surface area contributed by atoms with Crippen LogP contribution >= 0.6 is 0 Å². The monoisotopic (exact) mass is 316 g/mol. The van der Waals surface area contributed by atoms with Crippen molar-refractivity contribution in [2.45, 2.75) is 32.6 Å². The van der Waals surface area contributed by atoms with Gasteiger partial charge in [-0.2, -0.15) is 0 Å². The number of rotatable bonds is 8. The highest BCUT2D eigenvalue weighted by Gasteiger charge is 2.18. The maximum atomic E-state index is 12.1. The molecule has 122 valence electrons. The average molecular weight is 316 g/mol. The number of aromatic nitrogens is 2. The van der Waals surface area contributed by atoms with Gasteiger partial charge in [0.25, 0.3) is 11.6 Å². The van der Waals surface area contributed by atoms with Crippen molar-refractivity contribution >= 4 is 11.6 Å². The molecule has 1 aromatic heterocycles. The van der Waals surface area contributed by atoms with Gasteiger partial charge in [0.2, 0.25) is 0 Å².